The van der Waals surface area contributed by atoms with Gasteiger partial charge in [0.15, 0.2) is 0 Å². The molecule has 0 aromatic carbocycles. The van der Waals surface area contributed by atoms with E-state index < -0.39 is 0 Å². The predicted molar refractivity (Wildman–Crippen MR) is 96.0 cm³/mol. The average Bonchev–Trinajstić information content (AvgIpc) is 2.85. The van der Waals surface area contributed by atoms with Gasteiger partial charge in [0.1, 0.15) is 0 Å². The SMILES string of the molecule is CCC1CCC2C3C(O)C=C4CC(C)CCC4(C)C3CCC12C. The first-order valence-electron chi connectivity index (χ1n) is 10.3. The number of hydrogen-bond acceptors (Lipinski definition) is 1. The second kappa shape index (κ2) is 5.35. The predicted octanol–water partition coefficient (Wildman–Crippen LogP) is 5.58. The molecule has 8 atom stereocenters. The third kappa shape index (κ3) is 2.14. The van der Waals surface area contributed by atoms with Crippen LogP contribution in [0.25, 0.3) is 0 Å². The highest BCUT2D eigenvalue weighted by molar-refractivity contribution is 5.27. The summed E-state index contributed by atoms with van der Waals surface area (Å²) in [5.41, 5.74) is 2.50. The molecule has 130 valence electrons. The van der Waals surface area contributed by atoms with Crippen LogP contribution in [0.2, 0.25) is 0 Å². The largest absolute Gasteiger partial charge is 0.389 e. The van der Waals surface area contributed by atoms with E-state index in [2.05, 4.69) is 33.8 Å². The molecule has 0 bridgehead atoms. The molecule has 0 aliphatic heterocycles. The molecular formula is C22H36O. The van der Waals surface area contributed by atoms with E-state index in [1.807, 2.05) is 0 Å². The van der Waals surface area contributed by atoms with Crippen molar-refractivity contribution in [2.24, 2.45) is 40.4 Å². The second-order valence-corrected chi connectivity index (χ2v) is 9.97. The van der Waals surface area contributed by atoms with Gasteiger partial charge in [0.05, 0.1) is 6.10 Å². The Morgan fingerprint density at radius 1 is 1.09 bits per heavy atom. The molecular weight excluding hydrogens is 280 g/mol. The van der Waals surface area contributed by atoms with Gasteiger partial charge in [-0.2, -0.15) is 0 Å². The summed E-state index contributed by atoms with van der Waals surface area (Å²) in [6.45, 7) is 9.87. The Morgan fingerprint density at radius 3 is 2.61 bits per heavy atom. The quantitative estimate of drug-likeness (QED) is 0.626. The van der Waals surface area contributed by atoms with E-state index in [4.69, 9.17) is 0 Å². The maximum atomic E-state index is 11.1. The number of rotatable bonds is 1. The zero-order valence-electron chi connectivity index (χ0n) is 15.6. The van der Waals surface area contributed by atoms with E-state index in [-0.39, 0.29) is 6.10 Å². The minimum Gasteiger partial charge on any atom is -0.389 e. The standard InChI is InChI=1S/C22H36O/c1-5-15-6-7-17-20-18(9-11-21(15,17)3)22(4)10-8-14(2)12-16(22)13-19(20)23/h13-15,17-20,23H,5-12H2,1-4H3. The highest BCUT2D eigenvalue weighted by atomic mass is 16.3. The molecule has 3 saturated carbocycles. The maximum absolute atomic E-state index is 11.1. The van der Waals surface area contributed by atoms with Gasteiger partial charge in [-0.25, -0.2) is 0 Å². The Hall–Kier alpha value is -0.300. The fourth-order valence-corrected chi connectivity index (χ4v) is 7.61. The van der Waals surface area contributed by atoms with E-state index in [1.165, 1.54) is 51.4 Å². The minimum absolute atomic E-state index is 0.173. The molecule has 8 unspecified atom stereocenters. The summed E-state index contributed by atoms with van der Waals surface area (Å²) in [7, 11) is 0. The van der Waals surface area contributed by atoms with Gasteiger partial charge in [0, 0.05) is 0 Å². The monoisotopic (exact) mass is 316 g/mol. The van der Waals surface area contributed by atoms with Crippen molar-refractivity contribution in [2.45, 2.75) is 85.2 Å². The van der Waals surface area contributed by atoms with Gasteiger partial charge in [-0.3, -0.25) is 0 Å². The number of hydrogen-bond donors (Lipinski definition) is 1. The molecule has 23 heavy (non-hydrogen) atoms. The van der Waals surface area contributed by atoms with Crippen molar-refractivity contribution in [1.29, 1.82) is 0 Å². The smallest absolute Gasteiger partial charge is 0.0757 e. The Bertz CT molecular complexity index is 508. The van der Waals surface area contributed by atoms with Crippen molar-refractivity contribution in [3.05, 3.63) is 11.6 Å². The van der Waals surface area contributed by atoms with Crippen LogP contribution in [0.4, 0.5) is 0 Å². The van der Waals surface area contributed by atoms with Crippen LogP contribution in [0.1, 0.15) is 79.1 Å². The molecule has 3 fully saturated rings. The zero-order chi connectivity index (χ0) is 16.4. The normalized spacial score (nSPS) is 55.6. The molecule has 4 aliphatic carbocycles. The van der Waals surface area contributed by atoms with Crippen LogP contribution < -0.4 is 0 Å². The van der Waals surface area contributed by atoms with Crippen molar-refractivity contribution >= 4 is 0 Å². The molecule has 1 heteroatoms. The van der Waals surface area contributed by atoms with Crippen LogP contribution in [0.3, 0.4) is 0 Å². The number of aliphatic hydroxyl groups excluding tert-OH is 1. The molecule has 0 saturated heterocycles. The molecule has 0 radical (unpaired) electrons. The summed E-state index contributed by atoms with van der Waals surface area (Å²) in [6.07, 6.45) is 13.0. The van der Waals surface area contributed by atoms with E-state index in [9.17, 15) is 5.11 Å². The lowest BCUT2D eigenvalue weighted by Gasteiger charge is -2.59. The second-order valence-electron chi connectivity index (χ2n) is 9.97. The van der Waals surface area contributed by atoms with Crippen LogP contribution in [-0.4, -0.2) is 11.2 Å². The summed E-state index contributed by atoms with van der Waals surface area (Å²) in [6, 6.07) is 0. The topological polar surface area (TPSA) is 20.2 Å². The lowest BCUT2D eigenvalue weighted by atomic mass is 9.46. The summed E-state index contributed by atoms with van der Waals surface area (Å²) >= 11 is 0. The minimum atomic E-state index is -0.173. The first-order valence-corrected chi connectivity index (χ1v) is 10.3. The van der Waals surface area contributed by atoms with Crippen molar-refractivity contribution in [3.8, 4) is 0 Å². The Labute approximate surface area is 142 Å². The van der Waals surface area contributed by atoms with Crippen molar-refractivity contribution in [3.63, 3.8) is 0 Å². The lowest BCUT2D eigenvalue weighted by Crippen LogP contribution is -2.54. The molecule has 0 amide bonds. The molecule has 1 nitrogen and oxygen atoms in total. The summed E-state index contributed by atoms with van der Waals surface area (Å²) in [5.74, 6) is 3.73. The molecule has 4 aliphatic rings. The Balaban J connectivity index is 1.71. The van der Waals surface area contributed by atoms with E-state index in [0.29, 0.717) is 16.7 Å². The van der Waals surface area contributed by atoms with Crippen LogP contribution in [0.15, 0.2) is 11.6 Å². The fraction of sp³-hybridized carbons (Fsp3) is 0.909. The van der Waals surface area contributed by atoms with E-state index >= 15 is 0 Å². The first-order chi connectivity index (χ1) is 10.9. The lowest BCUT2D eigenvalue weighted by molar-refractivity contribution is -0.0889. The van der Waals surface area contributed by atoms with Crippen LogP contribution >= 0.6 is 0 Å². The van der Waals surface area contributed by atoms with Gasteiger partial charge < -0.3 is 5.11 Å². The van der Waals surface area contributed by atoms with Crippen LogP contribution in [-0.2, 0) is 0 Å². The Kier molecular flexibility index (Phi) is 3.76. The first kappa shape index (κ1) is 16.2. The molecule has 0 spiro atoms. The van der Waals surface area contributed by atoms with E-state index in [0.717, 1.165) is 23.7 Å². The van der Waals surface area contributed by atoms with E-state index in [1.54, 1.807) is 5.57 Å². The fourth-order valence-electron chi connectivity index (χ4n) is 7.61. The van der Waals surface area contributed by atoms with Crippen molar-refractivity contribution in [2.75, 3.05) is 0 Å². The molecule has 4 rings (SSSR count). The van der Waals surface area contributed by atoms with Gasteiger partial charge in [-0.05, 0) is 85.4 Å². The summed E-state index contributed by atoms with van der Waals surface area (Å²) in [5, 5.41) is 11.1. The zero-order valence-corrected chi connectivity index (χ0v) is 15.6. The number of allylic oxidation sites excluding steroid dienone is 1. The highest BCUT2D eigenvalue weighted by Gasteiger charge is 2.60. The van der Waals surface area contributed by atoms with Crippen molar-refractivity contribution < 1.29 is 5.11 Å². The number of fused-ring (bicyclic) bond motifs is 5. The van der Waals surface area contributed by atoms with Gasteiger partial charge in [0.25, 0.3) is 0 Å². The number of aliphatic hydroxyl groups is 1. The molecule has 1 N–H and O–H groups in total. The van der Waals surface area contributed by atoms with Crippen molar-refractivity contribution in [1.82, 2.24) is 0 Å². The van der Waals surface area contributed by atoms with Gasteiger partial charge in [-0.1, -0.05) is 45.8 Å². The van der Waals surface area contributed by atoms with Gasteiger partial charge >= 0.3 is 0 Å². The van der Waals surface area contributed by atoms with Crippen LogP contribution in [0, 0.1) is 40.4 Å². The van der Waals surface area contributed by atoms with Crippen LogP contribution in [0.5, 0.6) is 0 Å². The average molecular weight is 317 g/mol. The molecule has 0 aromatic heterocycles. The third-order valence-electron chi connectivity index (χ3n) is 9.06. The highest BCUT2D eigenvalue weighted by Crippen LogP contribution is 2.66. The summed E-state index contributed by atoms with van der Waals surface area (Å²) < 4.78 is 0. The third-order valence-corrected chi connectivity index (χ3v) is 9.06. The van der Waals surface area contributed by atoms with Gasteiger partial charge in [-0.15, -0.1) is 0 Å². The molecule has 0 aromatic rings. The Morgan fingerprint density at radius 2 is 1.87 bits per heavy atom. The summed E-state index contributed by atoms with van der Waals surface area (Å²) in [4.78, 5) is 0. The maximum Gasteiger partial charge on any atom is 0.0757 e. The van der Waals surface area contributed by atoms with Gasteiger partial charge in [0.2, 0.25) is 0 Å². The molecule has 0 heterocycles.